The van der Waals surface area contributed by atoms with Crippen LogP contribution in [0, 0.1) is 5.82 Å². The third kappa shape index (κ3) is 2.70. The molecule has 1 aliphatic heterocycles. The highest BCUT2D eigenvalue weighted by Crippen LogP contribution is 2.24. The Bertz CT molecular complexity index is 436. The van der Waals surface area contributed by atoms with Crippen molar-refractivity contribution in [3.63, 3.8) is 0 Å². The standard InChI is InChI=1S/C14H19FN2O/c1-11-9-16(2)6-3-7-17(11)14-5-4-13(15)8-12(14)10-18/h4-5,8,10-11H,3,6-7,9H2,1-2H3. The number of likely N-dealkylation sites (N-methyl/N-ethyl adjacent to an activating group) is 1. The summed E-state index contributed by atoms with van der Waals surface area (Å²) in [6.07, 6.45) is 1.79. The lowest BCUT2D eigenvalue weighted by atomic mass is 10.1. The first-order chi connectivity index (χ1) is 8.61. The Labute approximate surface area is 107 Å². The van der Waals surface area contributed by atoms with Gasteiger partial charge in [-0.3, -0.25) is 4.79 Å². The molecule has 98 valence electrons. The highest BCUT2D eigenvalue weighted by molar-refractivity contribution is 5.84. The van der Waals surface area contributed by atoms with E-state index in [0.29, 0.717) is 11.6 Å². The van der Waals surface area contributed by atoms with Gasteiger partial charge in [0, 0.05) is 30.4 Å². The van der Waals surface area contributed by atoms with Gasteiger partial charge < -0.3 is 9.80 Å². The van der Waals surface area contributed by atoms with Gasteiger partial charge in [0.1, 0.15) is 5.82 Å². The average molecular weight is 250 g/mol. The fourth-order valence-electron chi connectivity index (χ4n) is 2.61. The number of carbonyl (C=O) groups is 1. The van der Waals surface area contributed by atoms with Crippen LogP contribution in [0.15, 0.2) is 18.2 Å². The van der Waals surface area contributed by atoms with Crippen molar-refractivity contribution in [2.45, 2.75) is 19.4 Å². The maximum absolute atomic E-state index is 13.2. The summed E-state index contributed by atoms with van der Waals surface area (Å²) in [5.41, 5.74) is 1.28. The highest BCUT2D eigenvalue weighted by Gasteiger charge is 2.21. The predicted octanol–water partition coefficient (Wildman–Crippen LogP) is 2.17. The van der Waals surface area contributed by atoms with Gasteiger partial charge in [0.25, 0.3) is 0 Å². The molecule has 0 N–H and O–H groups in total. The monoisotopic (exact) mass is 250 g/mol. The molecule has 3 nitrogen and oxygen atoms in total. The molecule has 18 heavy (non-hydrogen) atoms. The molecule has 0 saturated carbocycles. The van der Waals surface area contributed by atoms with Crippen molar-refractivity contribution < 1.29 is 9.18 Å². The Morgan fingerprint density at radius 2 is 2.17 bits per heavy atom. The molecule has 1 aromatic rings. The summed E-state index contributed by atoms with van der Waals surface area (Å²) in [6, 6.07) is 4.76. The topological polar surface area (TPSA) is 23.6 Å². The smallest absolute Gasteiger partial charge is 0.152 e. The number of hydrogen-bond donors (Lipinski definition) is 0. The van der Waals surface area contributed by atoms with Crippen LogP contribution in [-0.4, -0.2) is 43.9 Å². The molecule has 1 heterocycles. The number of aldehydes is 1. The third-order valence-electron chi connectivity index (χ3n) is 3.47. The summed E-state index contributed by atoms with van der Waals surface area (Å²) in [5.74, 6) is -0.361. The zero-order valence-electron chi connectivity index (χ0n) is 10.9. The highest BCUT2D eigenvalue weighted by atomic mass is 19.1. The summed E-state index contributed by atoms with van der Waals surface area (Å²) in [7, 11) is 2.10. The molecular formula is C14H19FN2O. The SMILES string of the molecule is CC1CN(C)CCCN1c1ccc(F)cc1C=O. The van der Waals surface area contributed by atoms with Crippen molar-refractivity contribution in [1.82, 2.24) is 4.90 Å². The lowest BCUT2D eigenvalue weighted by Gasteiger charge is -2.31. The summed E-state index contributed by atoms with van der Waals surface area (Å²) >= 11 is 0. The van der Waals surface area contributed by atoms with Gasteiger partial charge in [-0.2, -0.15) is 0 Å². The minimum absolute atomic E-state index is 0.321. The maximum Gasteiger partial charge on any atom is 0.152 e. The summed E-state index contributed by atoms with van der Waals surface area (Å²) in [4.78, 5) is 15.6. The Morgan fingerprint density at radius 3 is 2.89 bits per heavy atom. The molecule has 1 aromatic carbocycles. The number of benzene rings is 1. The molecule has 0 spiro atoms. The van der Waals surface area contributed by atoms with E-state index in [0.717, 1.165) is 38.0 Å². The van der Waals surface area contributed by atoms with Crippen LogP contribution in [-0.2, 0) is 0 Å². The van der Waals surface area contributed by atoms with E-state index in [1.54, 1.807) is 6.07 Å². The van der Waals surface area contributed by atoms with Gasteiger partial charge in [0.2, 0.25) is 0 Å². The second-order valence-corrected chi connectivity index (χ2v) is 4.98. The van der Waals surface area contributed by atoms with E-state index in [1.165, 1.54) is 12.1 Å². The molecule has 4 heteroatoms. The lowest BCUT2D eigenvalue weighted by Crippen LogP contribution is -2.38. The number of rotatable bonds is 2. The Balaban J connectivity index is 2.32. The summed E-state index contributed by atoms with van der Waals surface area (Å²) in [5, 5.41) is 0. The van der Waals surface area contributed by atoms with Gasteiger partial charge in [-0.1, -0.05) is 0 Å². The molecule has 0 radical (unpaired) electrons. The normalized spacial score (nSPS) is 21.7. The molecule has 0 bridgehead atoms. The van der Waals surface area contributed by atoms with Crippen LogP contribution in [0.3, 0.4) is 0 Å². The van der Waals surface area contributed by atoms with Crippen LogP contribution >= 0.6 is 0 Å². The Morgan fingerprint density at radius 1 is 1.39 bits per heavy atom. The maximum atomic E-state index is 13.2. The van der Waals surface area contributed by atoms with E-state index in [4.69, 9.17) is 0 Å². The van der Waals surface area contributed by atoms with E-state index in [9.17, 15) is 9.18 Å². The van der Waals surface area contributed by atoms with Crippen molar-refractivity contribution in [3.8, 4) is 0 Å². The summed E-state index contributed by atoms with van der Waals surface area (Å²) < 4.78 is 13.2. The van der Waals surface area contributed by atoms with E-state index >= 15 is 0 Å². The van der Waals surface area contributed by atoms with Gasteiger partial charge in [0.05, 0.1) is 0 Å². The molecule has 1 unspecified atom stereocenters. The third-order valence-corrected chi connectivity index (χ3v) is 3.47. The number of nitrogens with zero attached hydrogens (tertiary/aromatic N) is 2. The zero-order valence-corrected chi connectivity index (χ0v) is 10.9. The fraction of sp³-hybridized carbons (Fsp3) is 0.500. The fourth-order valence-corrected chi connectivity index (χ4v) is 2.61. The first kappa shape index (κ1) is 13.0. The van der Waals surface area contributed by atoms with Gasteiger partial charge in [-0.15, -0.1) is 0 Å². The van der Waals surface area contributed by atoms with E-state index in [-0.39, 0.29) is 5.82 Å². The predicted molar refractivity (Wildman–Crippen MR) is 70.7 cm³/mol. The van der Waals surface area contributed by atoms with Crippen molar-refractivity contribution in [3.05, 3.63) is 29.6 Å². The number of anilines is 1. The first-order valence-electron chi connectivity index (χ1n) is 6.31. The molecule has 0 aliphatic carbocycles. The molecular weight excluding hydrogens is 231 g/mol. The molecule has 1 aliphatic rings. The van der Waals surface area contributed by atoms with Gasteiger partial charge in [-0.25, -0.2) is 4.39 Å². The second kappa shape index (κ2) is 5.48. The van der Waals surface area contributed by atoms with Crippen LogP contribution in [0.2, 0.25) is 0 Å². The number of hydrogen-bond acceptors (Lipinski definition) is 3. The quantitative estimate of drug-likeness (QED) is 0.752. The molecule has 1 atom stereocenters. The molecule has 2 rings (SSSR count). The van der Waals surface area contributed by atoms with Gasteiger partial charge >= 0.3 is 0 Å². The molecule has 0 aromatic heterocycles. The van der Waals surface area contributed by atoms with Crippen LogP contribution in [0.25, 0.3) is 0 Å². The van der Waals surface area contributed by atoms with Crippen LogP contribution in [0.1, 0.15) is 23.7 Å². The second-order valence-electron chi connectivity index (χ2n) is 4.98. The van der Waals surface area contributed by atoms with Crippen molar-refractivity contribution in [1.29, 1.82) is 0 Å². The Hall–Kier alpha value is -1.42. The van der Waals surface area contributed by atoms with E-state index in [1.807, 2.05) is 0 Å². The van der Waals surface area contributed by atoms with Crippen LogP contribution in [0.4, 0.5) is 10.1 Å². The minimum Gasteiger partial charge on any atom is -0.367 e. The van der Waals surface area contributed by atoms with Crippen molar-refractivity contribution >= 4 is 12.0 Å². The lowest BCUT2D eigenvalue weighted by molar-refractivity contribution is 0.112. The molecule has 0 amide bonds. The van der Waals surface area contributed by atoms with Crippen molar-refractivity contribution in [2.24, 2.45) is 0 Å². The number of carbonyl (C=O) groups excluding carboxylic acids is 1. The van der Waals surface area contributed by atoms with E-state index < -0.39 is 0 Å². The van der Waals surface area contributed by atoms with Gasteiger partial charge in [0.15, 0.2) is 6.29 Å². The largest absolute Gasteiger partial charge is 0.367 e. The Kier molecular flexibility index (Phi) is 3.97. The van der Waals surface area contributed by atoms with E-state index in [2.05, 4.69) is 23.8 Å². The summed E-state index contributed by atoms with van der Waals surface area (Å²) in [6.45, 7) is 5.05. The number of halogens is 1. The average Bonchev–Trinajstić information content (AvgIpc) is 2.50. The van der Waals surface area contributed by atoms with Crippen LogP contribution in [0.5, 0.6) is 0 Å². The first-order valence-corrected chi connectivity index (χ1v) is 6.31. The molecule has 1 saturated heterocycles. The van der Waals surface area contributed by atoms with Gasteiger partial charge in [-0.05, 0) is 45.1 Å². The minimum atomic E-state index is -0.361. The zero-order chi connectivity index (χ0) is 13.1. The molecule has 1 fully saturated rings. The van der Waals surface area contributed by atoms with Crippen LogP contribution < -0.4 is 4.90 Å². The van der Waals surface area contributed by atoms with Crippen molar-refractivity contribution in [2.75, 3.05) is 31.6 Å².